The molecule has 2 aliphatic rings. The number of amides is 1. The summed E-state index contributed by atoms with van der Waals surface area (Å²) in [5.41, 5.74) is 0. The lowest BCUT2D eigenvalue weighted by Crippen LogP contribution is -2.48. The van der Waals surface area contributed by atoms with Gasteiger partial charge in [-0.25, -0.2) is 0 Å². The Balaban J connectivity index is 0.00000364. The monoisotopic (exact) mass is 494 g/mol. The van der Waals surface area contributed by atoms with Crippen LogP contribution < -0.4 is 10.6 Å². The van der Waals surface area contributed by atoms with E-state index < -0.39 is 0 Å². The fourth-order valence-corrected chi connectivity index (χ4v) is 3.68. The van der Waals surface area contributed by atoms with E-state index in [1.54, 1.807) is 0 Å². The number of nitrogens with zero attached hydrogens (tertiary/aromatic N) is 2. The number of hydrogen-bond donors (Lipinski definition) is 2. The Morgan fingerprint density at radius 3 is 2.56 bits per heavy atom. The number of aliphatic imine (C=N–C) groups is 1. The van der Waals surface area contributed by atoms with Gasteiger partial charge in [-0.1, -0.05) is 12.8 Å². The lowest BCUT2D eigenvalue weighted by atomic mass is 9.98. The van der Waals surface area contributed by atoms with Gasteiger partial charge in [0.25, 0.3) is 0 Å². The minimum absolute atomic E-state index is 0. The summed E-state index contributed by atoms with van der Waals surface area (Å²) in [6.45, 7) is 6.99. The lowest BCUT2D eigenvalue weighted by molar-refractivity contribution is -0.149. The first-order valence-electron chi connectivity index (χ1n) is 10.1. The van der Waals surface area contributed by atoms with Crippen LogP contribution in [0.25, 0.3) is 0 Å². The van der Waals surface area contributed by atoms with Crippen molar-refractivity contribution in [1.82, 2.24) is 15.5 Å². The van der Waals surface area contributed by atoms with Crippen molar-refractivity contribution < 1.29 is 14.3 Å². The van der Waals surface area contributed by atoms with Crippen LogP contribution >= 0.6 is 24.0 Å². The molecule has 2 N–H and O–H groups in total. The second-order valence-electron chi connectivity index (χ2n) is 7.07. The van der Waals surface area contributed by atoms with Gasteiger partial charge in [-0.15, -0.1) is 24.0 Å². The molecule has 0 radical (unpaired) electrons. The molecule has 2 fully saturated rings. The van der Waals surface area contributed by atoms with Crippen LogP contribution in [0.1, 0.15) is 58.8 Å². The maximum atomic E-state index is 12.1. The first kappa shape index (κ1) is 24.0. The van der Waals surface area contributed by atoms with Crippen molar-refractivity contribution in [3.63, 3.8) is 0 Å². The molecule has 7 nitrogen and oxygen atoms in total. The average molecular weight is 494 g/mol. The normalized spacial score (nSPS) is 20.7. The Hall–Kier alpha value is -1.06. The largest absolute Gasteiger partial charge is 0.466 e. The highest BCUT2D eigenvalue weighted by molar-refractivity contribution is 14.0. The maximum absolute atomic E-state index is 12.1. The highest BCUT2D eigenvalue weighted by atomic mass is 127. The number of piperidine rings is 1. The standard InChI is InChI=1S/C19H34N4O3.HI/c1-3-20-19(21-12-11-17(24)22-16-9-5-6-10-16)23-13-7-8-15(14-23)18(25)26-4-2;/h15-16H,3-14H2,1-2H3,(H,20,21)(H,22,24);1H. The molecule has 1 amide bonds. The Bertz CT molecular complexity index is 495. The molecular formula is C19H35IN4O3. The van der Waals surface area contributed by atoms with E-state index in [9.17, 15) is 9.59 Å². The number of rotatable bonds is 7. The number of carbonyl (C=O) groups excluding carboxylic acids is 2. The van der Waals surface area contributed by atoms with Crippen molar-refractivity contribution in [3.05, 3.63) is 0 Å². The van der Waals surface area contributed by atoms with Crippen molar-refractivity contribution in [2.45, 2.75) is 64.8 Å². The summed E-state index contributed by atoms with van der Waals surface area (Å²) in [5, 5.41) is 6.38. The zero-order valence-electron chi connectivity index (χ0n) is 16.7. The van der Waals surface area contributed by atoms with Crippen molar-refractivity contribution in [1.29, 1.82) is 0 Å². The summed E-state index contributed by atoms with van der Waals surface area (Å²) in [5.74, 6) is 0.650. The van der Waals surface area contributed by atoms with E-state index in [0.717, 1.165) is 44.7 Å². The highest BCUT2D eigenvalue weighted by Gasteiger charge is 2.28. The smallest absolute Gasteiger partial charge is 0.310 e. The molecule has 27 heavy (non-hydrogen) atoms. The zero-order chi connectivity index (χ0) is 18.8. The van der Waals surface area contributed by atoms with Crippen molar-refractivity contribution in [3.8, 4) is 0 Å². The van der Waals surface area contributed by atoms with Gasteiger partial charge in [0.15, 0.2) is 5.96 Å². The number of halogens is 1. The molecule has 1 saturated carbocycles. The molecule has 8 heteroatoms. The second-order valence-corrected chi connectivity index (χ2v) is 7.07. The summed E-state index contributed by atoms with van der Waals surface area (Å²) in [4.78, 5) is 30.8. The highest BCUT2D eigenvalue weighted by Crippen LogP contribution is 2.19. The molecule has 1 unspecified atom stereocenters. The Morgan fingerprint density at radius 1 is 1.15 bits per heavy atom. The number of esters is 1. The second kappa shape index (κ2) is 13.2. The van der Waals surface area contributed by atoms with Gasteiger partial charge < -0.3 is 20.3 Å². The molecule has 1 aliphatic heterocycles. The molecular weight excluding hydrogens is 459 g/mol. The van der Waals surface area contributed by atoms with E-state index in [1.165, 1.54) is 12.8 Å². The molecule has 0 aromatic heterocycles. The minimum atomic E-state index is -0.121. The molecule has 0 bridgehead atoms. The van der Waals surface area contributed by atoms with Gasteiger partial charge >= 0.3 is 5.97 Å². The van der Waals surface area contributed by atoms with Crippen molar-refractivity contribution >= 4 is 41.8 Å². The fraction of sp³-hybridized carbons (Fsp3) is 0.842. The van der Waals surface area contributed by atoms with E-state index in [0.29, 0.717) is 32.2 Å². The molecule has 1 atom stereocenters. The number of ether oxygens (including phenoxy) is 1. The maximum Gasteiger partial charge on any atom is 0.310 e. The third kappa shape index (κ3) is 8.23. The Morgan fingerprint density at radius 2 is 1.89 bits per heavy atom. The van der Waals surface area contributed by atoms with Gasteiger partial charge in [0.1, 0.15) is 0 Å². The van der Waals surface area contributed by atoms with Gasteiger partial charge in [-0.2, -0.15) is 0 Å². The van der Waals surface area contributed by atoms with Gasteiger partial charge in [0.2, 0.25) is 5.91 Å². The summed E-state index contributed by atoms with van der Waals surface area (Å²) in [6.07, 6.45) is 6.82. The molecule has 1 aliphatic carbocycles. The number of likely N-dealkylation sites (tertiary alicyclic amines) is 1. The Kier molecular flexibility index (Phi) is 11.7. The molecule has 156 valence electrons. The van der Waals surface area contributed by atoms with Crippen LogP contribution in [0.2, 0.25) is 0 Å². The number of hydrogen-bond acceptors (Lipinski definition) is 4. The van der Waals surface area contributed by atoms with Crippen molar-refractivity contribution in [2.24, 2.45) is 10.9 Å². The third-order valence-corrected chi connectivity index (χ3v) is 5.00. The van der Waals surface area contributed by atoms with Crippen LogP contribution in [0.5, 0.6) is 0 Å². The van der Waals surface area contributed by atoms with E-state index >= 15 is 0 Å². The average Bonchev–Trinajstić information content (AvgIpc) is 3.14. The topological polar surface area (TPSA) is 83.0 Å². The van der Waals surface area contributed by atoms with E-state index in [-0.39, 0.29) is 41.8 Å². The minimum Gasteiger partial charge on any atom is -0.466 e. The van der Waals surface area contributed by atoms with Crippen LogP contribution in [0, 0.1) is 5.92 Å². The molecule has 1 saturated heterocycles. The first-order valence-corrected chi connectivity index (χ1v) is 10.1. The molecule has 1 heterocycles. The van der Waals surface area contributed by atoms with Crippen LogP contribution in [0.4, 0.5) is 0 Å². The number of guanidine groups is 1. The molecule has 0 spiro atoms. The van der Waals surface area contributed by atoms with Gasteiger partial charge in [-0.05, 0) is 39.5 Å². The zero-order valence-corrected chi connectivity index (χ0v) is 19.0. The van der Waals surface area contributed by atoms with Crippen LogP contribution in [0.15, 0.2) is 4.99 Å². The van der Waals surface area contributed by atoms with Gasteiger partial charge in [-0.3, -0.25) is 14.6 Å². The molecule has 0 aromatic rings. The number of carbonyl (C=O) groups is 2. The fourth-order valence-electron chi connectivity index (χ4n) is 3.68. The van der Waals surface area contributed by atoms with E-state index in [1.807, 2.05) is 13.8 Å². The predicted molar refractivity (Wildman–Crippen MR) is 117 cm³/mol. The quantitative estimate of drug-likeness (QED) is 0.246. The van der Waals surface area contributed by atoms with Gasteiger partial charge in [0, 0.05) is 32.1 Å². The van der Waals surface area contributed by atoms with Crippen LogP contribution in [0.3, 0.4) is 0 Å². The SMILES string of the molecule is CCNC(=NCCC(=O)NC1CCCC1)N1CCCC(C(=O)OCC)C1.I. The van der Waals surface area contributed by atoms with Crippen LogP contribution in [-0.2, 0) is 14.3 Å². The summed E-state index contributed by atoms with van der Waals surface area (Å²) >= 11 is 0. The summed E-state index contributed by atoms with van der Waals surface area (Å²) < 4.78 is 5.17. The molecule has 0 aromatic carbocycles. The predicted octanol–water partition coefficient (Wildman–Crippen LogP) is 2.29. The van der Waals surface area contributed by atoms with Crippen molar-refractivity contribution in [2.75, 3.05) is 32.8 Å². The first-order chi connectivity index (χ1) is 12.6. The lowest BCUT2D eigenvalue weighted by Gasteiger charge is -2.34. The Labute approximate surface area is 180 Å². The summed E-state index contributed by atoms with van der Waals surface area (Å²) in [7, 11) is 0. The molecule has 2 rings (SSSR count). The van der Waals surface area contributed by atoms with E-state index in [2.05, 4.69) is 20.5 Å². The third-order valence-electron chi connectivity index (χ3n) is 5.00. The van der Waals surface area contributed by atoms with Crippen LogP contribution in [-0.4, -0.2) is 61.6 Å². The van der Waals surface area contributed by atoms with E-state index in [4.69, 9.17) is 4.74 Å². The summed E-state index contributed by atoms with van der Waals surface area (Å²) in [6, 6.07) is 0.354. The van der Waals surface area contributed by atoms with Gasteiger partial charge in [0.05, 0.1) is 19.1 Å². The number of nitrogens with one attached hydrogen (secondary N) is 2.